The van der Waals surface area contributed by atoms with Crippen molar-refractivity contribution in [2.45, 2.75) is 0 Å². The number of nitrogens with one attached hydrogen (secondary N) is 1. The molecule has 140 valence electrons. The van der Waals surface area contributed by atoms with Crippen LogP contribution in [0.4, 0.5) is 11.4 Å². The first-order chi connectivity index (χ1) is 13.4. The zero-order valence-electron chi connectivity index (χ0n) is 14.4. The summed E-state index contributed by atoms with van der Waals surface area (Å²) >= 11 is 0. The number of carbonyl (C=O) groups is 2. The van der Waals surface area contributed by atoms with Crippen LogP contribution in [0, 0.1) is 10.1 Å². The normalized spacial score (nSPS) is 10.1. The Morgan fingerprint density at radius 1 is 0.893 bits per heavy atom. The van der Waals surface area contributed by atoms with E-state index in [4.69, 9.17) is 9.84 Å². The van der Waals surface area contributed by atoms with E-state index in [0.29, 0.717) is 22.7 Å². The molecule has 2 N–H and O–H groups in total. The van der Waals surface area contributed by atoms with Crippen LogP contribution in [0.1, 0.15) is 20.7 Å². The molecular formula is C20H14N2O6. The molecule has 0 atom stereocenters. The summed E-state index contributed by atoms with van der Waals surface area (Å²) in [6.07, 6.45) is 0. The van der Waals surface area contributed by atoms with Gasteiger partial charge in [-0.05, 0) is 54.6 Å². The van der Waals surface area contributed by atoms with E-state index in [1.54, 1.807) is 18.2 Å². The molecule has 8 heteroatoms. The molecule has 0 saturated heterocycles. The molecule has 1 amide bonds. The van der Waals surface area contributed by atoms with Gasteiger partial charge in [-0.1, -0.05) is 6.07 Å². The van der Waals surface area contributed by atoms with Gasteiger partial charge in [0.05, 0.1) is 10.5 Å². The van der Waals surface area contributed by atoms with Crippen molar-refractivity contribution in [1.82, 2.24) is 0 Å². The summed E-state index contributed by atoms with van der Waals surface area (Å²) < 4.78 is 5.63. The number of amides is 1. The van der Waals surface area contributed by atoms with Gasteiger partial charge in [0, 0.05) is 23.4 Å². The number of aromatic carboxylic acids is 1. The number of rotatable bonds is 6. The zero-order chi connectivity index (χ0) is 20.1. The van der Waals surface area contributed by atoms with E-state index in [1.807, 2.05) is 0 Å². The maximum atomic E-state index is 12.4. The Bertz CT molecular complexity index is 1030. The third-order valence-corrected chi connectivity index (χ3v) is 3.77. The number of nitrogens with zero attached hydrogens (tertiary/aromatic N) is 1. The first-order valence-electron chi connectivity index (χ1n) is 8.09. The van der Waals surface area contributed by atoms with Gasteiger partial charge in [-0.25, -0.2) is 4.79 Å². The third-order valence-electron chi connectivity index (χ3n) is 3.77. The Kier molecular flexibility index (Phi) is 5.31. The van der Waals surface area contributed by atoms with Crippen LogP contribution in [-0.2, 0) is 0 Å². The average Bonchev–Trinajstić information content (AvgIpc) is 2.69. The Morgan fingerprint density at radius 2 is 1.57 bits per heavy atom. The van der Waals surface area contributed by atoms with E-state index in [1.165, 1.54) is 54.6 Å². The number of carboxylic acids is 1. The van der Waals surface area contributed by atoms with Crippen molar-refractivity contribution >= 4 is 23.3 Å². The first kappa shape index (κ1) is 18.6. The van der Waals surface area contributed by atoms with Crippen molar-refractivity contribution < 1.29 is 24.4 Å². The van der Waals surface area contributed by atoms with Crippen molar-refractivity contribution in [1.29, 1.82) is 0 Å². The molecule has 0 spiro atoms. The molecule has 0 fully saturated rings. The van der Waals surface area contributed by atoms with Gasteiger partial charge in [-0.2, -0.15) is 0 Å². The predicted octanol–water partition coefficient (Wildman–Crippen LogP) is 4.34. The van der Waals surface area contributed by atoms with E-state index in [9.17, 15) is 19.7 Å². The molecule has 0 heterocycles. The lowest BCUT2D eigenvalue weighted by Gasteiger charge is -2.09. The number of benzene rings is 3. The minimum absolute atomic E-state index is 0.0469. The molecular weight excluding hydrogens is 364 g/mol. The number of ether oxygens (including phenoxy) is 1. The highest BCUT2D eigenvalue weighted by molar-refractivity contribution is 6.04. The van der Waals surface area contributed by atoms with Crippen LogP contribution < -0.4 is 10.1 Å². The Balaban J connectivity index is 1.70. The minimum Gasteiger partial charge on any atom is -0.478 e. The second kappa shape index (κ2) is 8.00. The molecule has 0 aliphatic carbocycles. The summed E-state index contributed by atoms with van der Waals surface area (Å²) in [6, 6.07) is 17.8. The lowest BCUT2D eigenvalue weighted by atomic mass is 10.1. The first-order valence-corrected chi connectivity index (χ1v) is 8.09. The summed E-state index contributed by atoms with van der Waals surface area (Å²) in [5.41, 5.74) is 0.865. The highest BCUT2D eigenvalue weighted by atomic mass is 16.6. The summed E-state index contributed by atoms with van der Waals surface area (Å²) in [5, 5.41) is 22.3. The van der Waals surface area contributed by atoms with Crippen molar-refractivity contribution in [3.05, 3.63) is 94.0 Å². The van der Waals surface area contributed by atoms with Crippen molar-refractivity contribution in [2.75, 3.05) is 5.32 Å². The van der Waals surface area contributed by atoms with E-state index in [2.05, 4.69) is 5.32 Å². The molecule has 0 aliphatic rings. The van der Waals surface area contributed by atoms with Crippen LogP contribution in [0.2, 0.25) is 0 Å². The number of carbonyl (C=O) groups excluding carboxylic acids is 1. The summed E-state index contributed by atoms with van der Waals surface area (Å²) in [6.45, 7) is 0. The smallest absolute Gasteiger partial charge is 0.335 e. The molecule has 3 aromatic carbocycles. The quantitative estimate of drug-likeness (QED) is 0.486. The van der Waals surface area contributed by atoms with Gasteiger partial charge in [-0.3, -0.25) is 14.9 Å². The van der Waals surface area contributed by atoms with Gasteiger partial charge in [0.25, 0.3) is 11.6 Å². The van der Waals surface area contributed by atoms with Crippen LogP contribution >= 0.6 is 0 Å². The van der Waals surface area contributed by atoms with E-state index < -0.39 is 16.8 Å². The van der Waals surface area contributed by atoms with Crippen molar-refractivity contribution in [2.24, 2.45) is 0 Å². The molecule has 0 aliphatic heterocycles. The Labute approximate surface area is 159 Å². The van der Waals surface area contributed by atoms with Crippen LogP contribution in [0.3, 0.4) is 0 Å². The number of nitro groups is 1. The minimum atomic E-state index is -1.05. The summed E-state index contributed by atoms with van der Waals surface area (Å²) in [5.74, 6) is -0.652. The van der Waals surface area contributed by atoms with E-state index >= 15 is 0 Å². The van der Waals surface area contributed by atoms with Gasteiger partial charge >= 0.3 is 5.97 Å². The number of hydrogen-bond donors (Lipinski definition) is 2. The van der Waals surface area contributed by atoms with Crippen LogP contribution in [0.15, 0.2) is 72.8 Å². The number of carboxylic acid groups (broad SMARTS) is 1. The second-order valence-corrected chi connectivity index (χ2v) is 5.72. The van der Waals surface area contributed by atoms with E-state index in [-0.39, 0.29) is 11.3 Å². The maximum absolute atomic E-state index is 12.4. The summed E-state index contributed by atoms with van der Waals surface area (Å²) in [7, 11) is 0. The maximum Gasteiger partial charge on any atom is 0.335 e. The van der Waals surface area contributed by atoms with Crippen LogP contribution in [-0.4, -0.2) is 21.9 Å². The highest BCUT2D eigenvalue weighted by Gasteiger charge is 2.10. The van der Waals surface area contributed by atoms with Crippen molar-refractivity contribution in [3.63, 3.8) is 0 Å². The van der Waals surface area contributed by atoms with Gasteiger partial charge in [-0.15, -0.1) is 0 Å². The Hall–Kier alpha value is -4.20. The fourth-order valence-corrected chi connectivity index (χ4v) is 2.37. The SMILES string of the molecule is O=C(O)c1ccc(NC(=O)c2cccc(Oc3ccc([N+](=O)[O-])cc3)c2)cc1. The Morgan fingerprint density at radius 3 is 2.18 bits per heavy atom. The molecule has 0 unspecified atom stereocenters. The fraction of sp³-hybridized carbons (Fsp3) is 0. The monoisotopic (exact) mass is 378 g/mol. The molecule has 8 nitrogen and oxygen atoms in total. The molecule has 0 radical (unpaired) electrons. The van der Waals surface area contributed by atoms with Crippen LogP contribution in [0.5, 0.6) is 11.5 Å². The molecule has 0 bridgehead atoms. The van der Waals surface area contributed by atoms with Crippen molar-refractivity contribution in [3.8, 4) is 11.5 Å². The number of anilines is 1. The highest BCUT2D eigenvalue weighted by Crippen LogP contribution is 2.25. The van der Waals surface area contributed by atoms with E-state index in [0.717, 1.165) is 0 Å². The molecule has 3 rings (SSSR count). The third kappa shape index (κ3) is 4.50. The number of hydrogen-bond acceptors (Lipinski definition) is 5. The predicted molar refractivity (Wildman–Crippen MR) is 101 cm³/mol. The fourth-order valence-electron chi connectivity index (χ4n) is 2.37. The van der Waals surface area contributed by atoms with Gasteiger partial charge < -0.3 is 15.2 Å². The lowest BCUT2D eigenvalue weighted by Crippen LogP contribution is -2.12. The summed E-state index contributed by atoms with van der Waals surface area (Å²) in [4.78, 5) is 33.4. The van der Waals surface area contributed by atoms with Gasteiger partial charge in [0.15, 0.2) is 0 Å². The molecule has 3 aromatic rings. The molecule has 0 aromatic heterocycles. The standard InChI is InChI=1S/C20H14N2O6/c23-19(21-15-6-4-13(5-7-15)20(24)25)14-2-1-3-18(12-14)28-17-10-8-16(9-11-17)22(26)27/h1-12H,(H,21,23)(H,24,25). The topological polar surface area (TPSA) is 119 Å². The molecule has 0 saturated carbocycles. The van der Waals surface area contributed by atoms with Crippen LogP contribution in [0.25, 0.3) is 0 Å². The number of non-ortho nitro benzene ring substituents is 1. The molecule has 28 heavy (non-hydrogen) atoms. The zero-order valence-corrected chi connectivity index (χ0v) is 14.4. The largest absolute Gasteiger partial charge is 0.478 e. The second-order valence-electron chi connectivity index (χ2n) is 5.72. The van der Waals surface area contributed by atoms with Gasteiger partial charge in [0.2, 0.25) is 0 Å². The lowest BCUT2D eigenvalue weighted by molar-refractivity contribution is -0.384. The van der Waals surface area contributed by atoms with Gasteiger partial charge in [0.1, 0.15) is 11.5 Å². The average molecular weight is 378 g/mol. The number of nitro benzene ring substituents is 1.